The van der Waals surface area contributed by atoms with E-state index in [2.05, 4.69) is 18.1 Å². The fourth-order valence-electron chi connectivity index (χ4n) is 8.31. The molecule has 168 valence electrons. The van der Waals surface area contributed by atoms with Crippen molar-refractivity contribution in [3.05, 3.63) is 18.0 Å². The van der Waals surface area contributed by atoms with Crippen molar-refractivity contribution in [2.45, 2.75) is 83.5 Å². The molecule has 0 aromatic carbocycles. The van der Waals surface area contributed by atoms with Gasteiger partial charge in [-0.3, -0.25) is 9.48 Å². The van der Waals surface area contributed by atoms with Gasteiger partial charge < -0.3 is 5.11 Å². The van der Waals surface area contributed by atoms with Crippen molar-refractivity contribution in [3.63, 3.8) is 0 Å². The highest BCUT2D eigenvalue weighted by molar-refractivity contribution is 5.82. The Morgan fingerprint density at radius 1 is 1.23 bits per heavy atom. The van der Waals surface area contributed by atoms with Gasteiger partial charge in [-0.15, -0.1) is 0 Å². The number of fused-ring (bicyclic) bond motifs is 5. The first-order valence-corrected chi connectivity index (χ1v) is 12.0. The normalized spacial score (nSPS) is 46.5. The number of hydrogen-bond acceptors (Lipinski definition) is 4. The molecule has 0 saturated heterocycles. The summed E-state index contributed by atoms with van der Waals surface area (Å²) in [7, 11) is 0. The average Bonchev–Trinajstić information content (AvgIpc) is 3.31. The second-order valence-electron chi connectivity index (χ2n) is 11.4. The Balaban J connectivity index is 1.33. The van der Waals surface area contributed by atoms with Crippen LogP contribution in [0.5, 0.6) is 0 Å². The number of halogens is 1. The van der Waals surface area contributed by atoms with E-state index >= 15 is 4.39 Å². The number of alkyl halides is 1. The summed E-state index contributed by atoms with van der Waals surface area (Å²) in [6, 6.07) is 2.06. The van der Waals surface area contributed by atoms with Crippen LogP contribution in [0.2, 0.25) is 0 Å². The van der Waals surface area contributed by atoms with Crippen LogP contribution in [0.25, 0.3) is 0 Å². The Morgan fingerprint density at radius 2 is 1.97 bits per heavy atom. The number of hydrogen-bond donors (Lipinski definition) is 1. The number of carbonyl (C=O) groups is 1. The molecule has 6 heteroatoms. The van der Waals surface area contributed by atoms with Crippen LogP contribution in [-0.4, -0.2) is 32.4 Å². The standard InChI is InChI=1S/C25H34FN3O2/c1-24(31)7-5-17-16-6-8-25(2)20(18(16)9-22(26)19(17)10-24)3-4-21(25)23(30)14-29-13-15(11-27)12-28-29/h12-13,16-22,31H,3-10,14H2,1-2H3. The highest BCUT2D eigenvalue weighted by Crippen LogP contribution is 2.65. The fourth-order valence-corrected chi connectivity index (χ4v) is 8.31. The zero-order valence-electron chi connectivity index (χ0n) is 18.6. The van der Waals surface area contributed by atoms with Crippen LogP contribution < -0.4 is 0 Å². The summed E-state index contributed by atoms with van der Waals surface area (Å²) in [5.74, 6) is 1.92. The van der Waals surface area contributed by atoms with E-state index < -0.39 is 11.8 Å². The number of aromatic nitrogens is 2. The molecule has 31 heavy (non-hydrogen) atoms. The van der Waals surface area contributed by atoms with Gasteiger partial charge in [0.1, 0.15) is 12.2 Å². The lowest BCUT2D eigenvalue weighted by Gasteiger charge is -2.57. The molecule has 0 spiro atoms. The molecule has 5 nitrogen and oxygen atoms in total. The SMILES string of the molecule is CC1(O)CCC2C(C1)C(F)CC1C2CCC2(C)C(C(=O)Cn3cc(C#N)cn3)CCC12. The van der Waals surface area contributed by atoms with Gasteiger partial charge in [-0.1, -0.05) is 6.92 Å². The lowest BCUT2D eigenvalue weighted by atomic mass is 9.48. The number of Topliss-reactive ketones (excluding diaryl/α,β-unsaturated/α-hetero) is 1. The maximum atomic E-state index is 15.4. The van der Waals surface area contributed by atoms with E-state index in [-0.39, 0.29) is 29.6 Å². The molecule has 4 saturated carbocycles. The van der Waals surface area contributed by atoms with Gasteiger partial charge in [0.2, 0.25) is 0 Å². The Labute approximate surface area is 184 Å². The number of nitriles is 1. The predicted octanol–water partition coefficient (Wildman–Crippen LogP) is 4.29. The molecule has 4 aliphatic carbocycles. The molecule has 0 aliphatic heterocycles. The third-order valence-electron chi connectivity index (χ3n) is 9.71. The van der Waals surface area contributed by atoms with Crippen molar-refractivity contribution in [1.82, 2.24) is 9.78 Å². The van der Waals surface area contributed by atoms with Gasteiger partial charge in [0.25, 0.3) is 0 Å². The monoisotopic (exact) mass is 427 g/mol. The molecule has 5 rings (SSSR count). The maximum absolute atomic E-state index is 15.4. The number of aliphatic hydroxyl groups is 1. The molecule has 9 atom stereocenters. The van der Waals surface area contributed by atoms with Crippen molar-refractivity contribution in [2.24, 2.45) is 40.9 Å². The van der Waals surface area contributed by atoms with Crippen LogP contribution in [0.3, 0.4) is 0 Å². The third kappa shape index (κ3) is 3.44. The van der Waals surface area contributed by atoms with E-state index in [1.807, 2.05) is 6.92 Å². The molecular formula is C25H34FN3O2. The first-order chi connectivity index (χ1) is 14.7. The molecule has 1 aromatic heterocycles. The van der Waals surface area contributed by atoms with E-state index in [0.29, 0.717) is 42.1 Å². The van der Waals surface area contributed by atoms with Gasteiger partial charge in [-0.05, 0) is 93.3 Å². The summed E-state index contributed by atoms with van der Waals surface area (Å²) < 4.78 is 17.0. The third-order valence-corrected chi connectivity index (χ3v) is 9.71. The second kappa shape index (κ2) is 7.40. The number of carbonyl (C=O) groups excluding carboxylic acids is 1. The number of ketones is 1. The van der Waals surface area contributed by atoms with E-state index in [4.69, 9.17) is 5.26 Å². The topological polar surface area (TPSA) is 78.9 Å². The lowest BCUT2D eigenvalue weighted by molar-refractivity contribution is -0.139. The molecule has 0 radical (unpaired) electrons. The first-order valence-electron chi connectivity index (χ1n) is 12.0. The van der Waals surface area contributed by atoms with Gasteiger partial charge >= 0.3 is 0 Å². The van der Waals surface area contributed by atoms with E-state index in [1.54, 1.807) is 10.9 Å². The Morgan fingerprint density at radius 3 is 2.71 bits per heavy atom. The molecule has 9 unspecified atom stereocenters. The van der Waals surface area contributed by atoms with Gasteiger partial charge in [0.05, 0.1) is 23.9 Å². The van der Waals surface area contributed by atoms with Crippen molar-refractivity contribution >= 4 is 5.78 Å². The Kier molecular flexibility index (Phi) is 5.04. The van der Waals surface area contributed by atoms with Crippen molar-refractivity contribution < 1.29 is 14.3 Å². The fraction of sp³-hybridized carbons (Fsp3) is 0.800. The van der Waals surface area contributed by atoms with E-state index in [0.717, 1.165) is 38.5 Å². The molecule has 4 aliphatic rings. The van der Waals surface area contributed by atoms with E-state index in [9.17, 15) is 9.90 Å². The van der Waals surface area contributed by atoms with Crippen LogP contribution >= 0.6 is 0 Å². The van der Waals surface area contributed by atoms with Crippen molar-refractivity contribution in [3.8, 4) is 6.07 Å². The van der Waals surface area contributed by atoms with Gasteiger partial charge in [0, 0.05) is 12.1 Å². The highest BCUT2D eigenvalue weighted by Gasteiger charge is 2.60. The quantitative estimate of drug-likeness (QED) is 0.780. The summed E-state index contributed by atoms with van der Waals surface area (Å²) in [5.41, 5.74) is -0.304. The van der Waals surface area contributed by atoms with Gasteiger partial charge in [0.15, 0.2) is 5.78 Å². The van der Waals surface area contributed by atoms with Crippen LogP contribution in [-0.2, 0) is 11.3 Å². The molecule has 1 heterocycles. The lowest BCUT2D eigenvalue weighted by Crippen LogP contribution is -2.54. The number of rotatable bonds is 3. The molecule has 1 N–H and O–H groups in total. The van der Waals surface area contributed by atoms with Crippen LogP contribution in [0.4, 0.5) is 4.39 Å². The Bertz CT molecular complexity index is 905. The summed E-state index contributed by atoms with van der Waals surface area (Å²) in [5, 5.41) is 23.7. The van der Waals surface area contributed by atoms with Crippen molar-refractivity contribution in [2.75, 3.05) is 0 Å². The van der Waals surface area contributed by atoms with Gasteiger partial charge in [-0.2, -0.15) is 10.4 Å². The minimum atomic E-state index is -0.830. The molecule has 1 aromatic rings. The smallest absolute Gasteiger partial charge is 0.157 e. The largest absolute Gasteiger partial charge is 0.390 e. The summed E-state index contributed by atoms with van der Waals surface area (Å²) >= 11 is 0. The van der Waals surface area contributed by atoms with Crippen LogP contribution in [0, 0.1) is 52.3 Å². The zero-order valence-corrected chi connectivity index (χ0v) is 18.6. The van der Waals surface area contributed by atoms with Crippen LogP contribution in [0.15, 0.2) is 12.4 Å². The molecule has 0 bridgehead atoms. The maximum Gasteiger partial charge on any atom is 0.157 e. The molecule has 0 amide bonds. The van der Waals surface area contributed by atoms with Crippen LogP contribution in [0.1, 0.15) is 70.8 Å². The molecular weight excluding hydrogens is 393 g/mol. The predicted molar refractivity (Wildman–Crippen MR) is 113 cm³/mol. The summed E-state index contributed by atoms with van der Waals surface area (Å²) in [6.07, 6.45) is 9.24. The first kappa shape index (κ1) is 21.1. The minimum absolute atomic E-state index is 0.00216. The summed E-state index contributed by atoms with van der Waals surface area (Å²) in [6.45, 7) is 4.36. The summed E-state index contributed by atoms with van der Waals surface area (Å²) in [4.78, 5) is 13.3. The van der Waals surface area contributed by atoms with Gasteiger partial charge in [-0.25, -0.2) is 4.39 Å². The average molecular weight is 428 g/mol. The zero-order chi connectivity index (χ0) is 22.0. The molecule has 4 fully saturated rings. The minimum Gasteiger partial charge on any atom is -0.390 e. The highest BCUT2D eigenvalue weighted by atomic mass is 19.1. The number of nitrogens with zero attached hydrogens (tertiary/aromatic N) is 3. The second-order valence-corrected chi connectivity index (χ2v) is 11.4. The van der Waals surface area contributed by atoms with E-state index in [1.165, 1.54) is 6.20 Å². The Hall–Kier alpha value is -1.74. The van der Waals surface area contributed by atoms with Crippen molar-refractivity contribution in [1.29, 1.82) is 5.26 Å².